The van der Waals surface area contributed by atoms with Gasteiger partial charge in [-0.15, -0.1) is 0 Å². The number of hydrogen-bond donors (Lipinski definition) is 2. The van der Waals surface area contributed by atoms with Gasteiger partial charge in [-0.05, 0) is 23.8 Å². The fourth-order valence-electron chi connectivity index (χ4n) is 2.69. The SMILES string of the molecule is O=C(/C=C/c1ccccc1Cl)NCC1(O)CCOc2ccccc21. The van der Waals surface area contributed by atoms with Crippen LogP contribution in [0.5, 0.6) is 5.75 Å². The molecular weight excluding hydrogens is 326 g/mol. The van der Waals surface area contributed by atoms with E-state index >= 15 is 0 Å². The molecule has 2 N–H and O–H groups in total. The second-order valence-electron chi connectivity index (χ2n) is 5.70. The molecule has 2 aromatic rings. The highest BCUT2D eigenvalue weighted by atomic mass is 35.5. The minimum absolute atomic E-state index is 0.124. The smallest absolute Gasteiger partial charge is 0.244 e. The first-order valence-corrected chi connectivity index (χ1v) is 8.11. The van der Waals surface area contributed by atoms with Gasteiger partial charge in [0.15, 0.2) is 0 Å². The van der Waals surface area contributed by atoms with Crippen molar-refractivity contribution >= 4 is 23.6 Å². The third-order valence-corrected chi connectivity index (χ3v) is 4.38. The van der Waals surface area contributed by atoms with Crippen molar-refractivity contribution in [2.75, 3.05) is 13.2 Å². The minimum Gasteiger partial charge on any atom is -0.493 e. The molecule has 0 spiro atoms. The molecular formula is C19H18ClNO3. The van der Waals surface area contributed by atoms with E-state index < -0.39 is 5.60 Å². The molecule has 0 fully saturated rings. The van der Waals surface area contributed by atoms with Gasteiger partial charge in [-0.1, -0.05) is 48.0 Å². The Morgan fingerprint density at radius 2 is 2.00 bits per heavy atom. The number of ether oxygens (including phenoxy) is 1. The van der Waals surface area contributed by atoms with E-state index in [9.17, 15) is 9.90 Å². The molecule has 4 nitrogen and oxygen atoms in total. The molecule has 0 saturated heterocycles. The van der Waals surface area contributed by atoms with Crippen LogP contribution in [0.4, 0.5) is 0 Å². The quantitative estimate of drug-likeness (QED) is 0.838. The fraction of sp³-hybridized carbons (Fsp3) is 0.211. The van der Waals surface area contributed by atoms with E-state index in [1.165, 1.54) is 6.08 Å². The molecule has 1 aliphatic rings. The summed E-state index contributed by atoms with van der Waals surface area (Å²) in [6.07, 6.45) is 3.49. The van der Waals surface area contributed by atoms with Gasteiger partial charge in [0.25, 0.3) is 0 Å². The molecule has 3 rings (SSSR count). The molecule has 1 atom stereocenters. The predicted octanol–water partition coefficient (Wildman–Crippen LogP) is 3.14. The maximum Gasteiger partial charge on any atom is 0.244 e. The molecule has 0 aromatic heterocycles. The zero-order valence-corrected chi connectivity index (χ0v) is 13.8. The lowest BCUT2D eigenvalue weighted by Crippen LogP contribution is -2.43. The Labute approximate surface area is 145 Å². The summed E-state index contributed by atoms with van der Waals surface area (Å²) < 4.78 is 5.54. The maximum atomic E-state index is 12.0. The van der Waals surface area contributed by atoms with Gasteiger partial charge in [0.05, 0.1) is 13.2 Å². The first-order chi connectivity index (χ1) is 11.6. The first-order valence-electron chi connectivity index (χ1n) is 7.74. The van der Waals surface area contributed by atoms with E-state index in [0.29, 0.717) is 29.4 Å². The van der Waals surface area contributed by atoms with Crippen molar-refractivity contribution in [1.29, 1.82) is 0 Å². The highest BCUT2D eigenvalue weighted by Crippen LogP contribution is 2.36. The molecule has 2 aromatic carbocycles. The summed E-state index contributed by atoms with van der Waals surface area (Å²) >= 11 is 6.05. The lowest BCUT2D eigenvalue weighted by Gasteiger charge is -2.34. The molecule has 1 unspecified atom stereocenters. The van der Waals surface area contributed by atoms with Crippen molar-refractivity contribution < 1.29 is 14.6 Å². The summed E-state index contributed by atoms with van der Waals surface area (Å²) in [5, 5.41) is 14.2. The van der Waals surface area contributed by atoms with E-state index in [0.717, 1.165) is 5.56 Å². The summed E-state index contributed by atoms with van der Waals surface area (Å²) in [4.78, 5) is 12.0. The number of para-hydroxylation sites is 1. The zero-order chi connectivity index (χ0) is 17.0. The van der Waals surface area contributed by atoms with Crippen LogP contribution >= 0.6 is 11.6 Å². The van der Waals surface area contributed by atoms with Crippen LogP contribution < -0.4 is 10.1 Å². The lowest BCUT2D eigenvalue weighted by molar-refractivity contribution is -0.118. The summed E-state index contributed by atoms with van der Waals surface area (Å²) in [5.74, 6) is 0.374. The van der Waals surface area contributed by atoms with Gasteiger partial charge >= 0.3 is 0 Å². The topological polar surface area (TPSA) is 58.6 Å². The van der Waals surface area contributed by atoms with Crippen molar-refractivity contribution in [2.24, 2.45) is 0 Å². The van der Waals surface area contributed by atoms with E-state index in [4.69, 9.17) is 16.3 Å². The van der Waals surface area contributed by atoms with Gasteiger partial charge in [-0.3, -0.25) is 4.79 Å². The summed E-state index contributed by atoms with van der Waals surface area (Å²) in [5.41, 5.74) is 0.346. The number of fused-ring (bicyclic) bond motifs is 1. The highest BCUT2D eigenvalue weighted by molar-refractivity contribution is 6.32. The molecule has 1 aliphatic heterocycles. The van der Waals surface area contributed by atoms with E-state index in [2.05, 4.69) is 5.32 Å². The Morgan fingerprint density at radius 3 is 2.83 bits per heavy atom. The molecule has 5 heteroatoms. The molecule has 124 valence electrons. The van der Waals surface area contributed by atoms with Crippen LogP contribution in [0.1, 0.15) is 17.5 Å². The van der Waals surface area contributed by atoms with Crippen molar-refractivity contribution in [2.45, 2.75) is 12.0 Å². The molecule has 0 radical (unpaired) electrons. The van der Waals surface area contributed by atoms with E-state index in [1.54, 1.807) is 12.1 Å². The van der Waals surface area contributed by atoms with Crippen LogP contribution in [0, 0.1) is 0 Å². The normalized spacial score (nSPS) is 19.6. The Hall–Kier alpha value is -2.30. The van der Waals surface area contributed by atoms with Gasteiger partial charge in [0, 0.05) is 23.1 Å². The third kappa shape index (κ3) is 3.61. The Balaban J connectivity index is 1.66. The van der Waals surface area contributed by atoms with Gasteiger partial charge < -0.3 is 15.2 Å². The molecule has 0 saturated carbocycles. The molecule has 24 heavy (non-hydrogen) atoms. The van der Waals surface area contributed by atoms with Crippen molar-refractivity contribution in [1.82, 2.24) is 5.32 Å². The minimum atomic E-state index is -1.12. The average Bonchev–Trinajstić information content (AvgIpc) is 2.60. The van der Waals surface area contributed by atoms with Crippen LogP contribution in [0.2, 0.25) is 5.02 Å². The Kier molecular flexibility index (Phi) is 4.88. The highest BCUT2D eigenvalue weighted by Gasteiger charge is 2.35. The van der Waals surface area contributed by atoms with Crippen LogP contribution in [-0.2, 0) is 10.4 Å². The monoisotopic (exact) mass is 343 g/mol. The number of halogens is 1. The first kappa shape index (κ1) is 16.6. The fourth-order valence-corrected chi connectivity index (χ4v) is 2.89. The summed E-state index contributed by atoms with van der Waals surface area (Å²) in [7, 11) is 0. The maximum absolute atomic E-state index is 12.0. The van der Waals surface area contributed by atoms with Crippen molar-refractivity contribution in [3.8, 4) is 5.75 Å². The average molecular weight is 344 g/mol. The lowest BCUT2D eigenvalue weighted by atomic mass is 9.88. The van der Waals surface area contributed by atoms with Crippen LogP contribution in [0.25, 0.3) is 6.08 Å². The molecule has 0 aliphatic carbocycles. The third-order valence-electron chi connectivity index (χ3n) is 4.04. The zero-order valence-electron chi connectivity index (χ0n) is 13.0. The van der Waals surface area contributed by atoms with Crippen molar-refractivity contribution in [3.05, 3.63) is 70.8 Å². The number of carbonyl (C=O) groups excluding carboxylic acids is 1. The number of benzene rings is 2. The number of hydrogen-bond acceptors (Lipinski definition) is 3. The largest absolute Gasteiger partial charge is 0.493 e. The second kappa shape index (κ2) is 7.07. The Bertz CT molecular complexity index is 775. The second-order valence-corrected chi connectivity index (χ2v) is 6.11. The number of amides is 1. The van der Waals surface area contributed by atoms with Gasteiger partial charge in [-0.25, -0.2) is 0 Å². The summed E-state index contributed by atoms with van der Waals surface area (Å²) in [6.45, 7) is 0.540. The number of carbonyl (C=O) groups is 1. The number of nitrogens with one attached hydrogen (secondary N) is 1. The number of rotatable bonds is 4. The van der Waals surface area contributed by atoms with E-state index in [1.807, 2.05) is 42.5 Å². The Morgan fingerprint density at radius 1 is 1.25 bits per heavy atom. The van der Waals surface area contributed by atoms with Gasteiger partial charge in [0.2, 0.25) is 5.91 Å². The summed E-state index contributed by atoms with van der Waals surface area (Å²) in [6, 6.07) is 14.6. The molecule has 1 heterocycles. The van der Waals surface area contributed by atoms with Gasteiger partial charge in [-0.2, -0.15) is 0 Å². The van der Waals surface area contributed by atoms with Crippen LogP contribution in [0.15, 0.2) is 54.6 Å². The van der Waals surface area contributed by atoms with Crippen LogP contribution in [0.3, 0.4) is 0 Å². The van der Waals surface area contributed by atoms with Crippen molar-refractivity contribution in [3.63, 3.8) is 0 Å². The number of aliphatic hydroxyl groups is 1. The standard InChI is InChI=1S/C19H18ClNO3/c20-16-7-3-1-5-14(16)9-10-18(22)21-13-19(23)11-12-24-17-8-4-2-6-15(17)19/h1-10,23H,11-13H2,(H,21,22)/b10-9+. The molecule has 1 amide bonds. The molecule has 0 bridgehead atoms. The van der Waals surface area contributed by atoms with Gasteiger partial charge in [0.1, 0.15) is 11.4 Å². The predicted molar refractivity (Wildman–Crippen MR) is 93.9 cm³/mol. The van der Waals surface area contributed by atoms with Crippen LogP contribution in [-0.4, -0.2) is 24.2 Å². The van der Waals surface area contributed by atoms with E-state index in [-0.39, 0.29) is 12.5 Å².